The number of nitrogens with one attached hydrogen (secondary N) is 1. The summed E-state index contributed by atoms with van der Waals surface area (Å²) >= 11 is 0. The number of nitrogens with zero attached hydrogens (tertiary/aromatic N) is 2. The number of fused-ring (bicyclic) bond motifs is 1. The van der Waals surface area contributed by atoms with Gasteiger partial charge in [-0.25, -0.2) is 4.98 Å². The molecule has 148 valence electrons. The van der Waals surface area contributed by atoms with E-state index in [-0.39, 0.29) is 12.0 Å². The molecule has 0 saturated carbocycles. The SMILES string of the molecule is Cc1ccc(C(=O)NC[C@H]2Cc3cccc(-c4nc(C)cnc4C)c3O2)c(C)c1. The van der Waals surface area contributed by atoms with E-state index in [0.717, 1.165) is 51.5 Å². The Morgan fingerprint density at radius 3 is 2.79 bits per heavy atom. The summed E-state index contributed by atoms with van der Waals surface area (Å²) in [5.74, 6) is 0.781. The van der Waals surface area contributed by atoms with E-state index in [1.54, 1.807) is 6.20 Å². The largest absolute Gasteiger partial charge is 0.487 e. The smallest absolute Gasteiger partial charge is 0.251 e. The van der Waals surface area contributed by atoms with Gasteiger partial charge in [-0.05, 0) is 51.0 Å². The van der Waals surface area contributed by atoms with Crippen LogP contribution >= 0.6 is 0 Å². The van der Waals surface area contributed by atoms with Crippen molar-refractivity contribution in [3.63, 3.8) is 0 Å². The molecule has 2 aromatic carbocycles. The average molecular weight is 387 g/mol. The van der Waals surface area contributed by atoms with Crippen molar-refractivity contribution in [2.24, 2.45) is 0 Å². The number of rotatable bonds is 4. The first kappa shape index (κ1) is 19.1. The summed E-state index contributed by atoms with van der Waals surface area (Å²) in [6.45, 7) is 8.33. The number of aryl methyl sites for hydroxylation is 4. The van der Waals surface area contributed by atoms with Crippen LogP contribution in [0.1, 0.15) is 38.4 Å². The zero-order chi connectivity index (χ0) is 20.5. The van der Waals surface area contributed by atoms with E-state index in [0.29, 0.717) is 12.1 Å². The molecule has 1 aromatic heterocycles. The monoisotopic (exact) mass is 387 g/mol. The topological polar surface area (TPSA) is 64.1 Å². The van der Waals surface area contributed by atoms with E-state index in [9.17, 15) is 4.79 Å². The summed E-state index contributed by atoms with van der Waals surface area (Å²) in [5, 5.41) is 3.02. The fourth-order valence-electron chi connectivity index (χ4n) is 3.80. The van der Waals surface area contributed by atoms with Crippen molar-refractivity contribution in [2.75, 3.05) is 6.54 Å². The molecule has 1 aliphatic heterocycles. The van der Waals surface area contributed by atoms with Gasteiger partial charge in [-0.3, -0.25) is 9.78 Å². The Morgan fingerprint density at radius 2 is 2.00 bits per heavy atom. The minimum absolute atomic E-state index is 0.0670. The van der Waals surface area contributed by atoms with Crippen LogP contribution in [0.3, 0.4) is 0 Å². The molecule has 5 nitrogen and oxygen atoms in total. The minimum atomic E-state index is -0.0982. The van der Waals surface area contributed by atoms with Crippen molar-refractivity contribution in [2.45, 2.75) is 40.2 Å². The first-order valence-corrected chi connectivity index (χ1v) is 9.87. The lowest BCUT2D eigenvalue weighted by Crippen LogP contribution is -2.34. The van der Waals surface area contributed by atoms with Gasteiger partial charge in [0.15, 0.2) is 0 Å². The Kier molecular flexibility index (Phi) is 5.05. The number of carbonyl (C=O) groups excluding carboxylic acids is 1. The predicted octanol–water partition coefficient (Wildman–Crippen LogP) is 4.11. The number of carbonyl (C=O) groups is 1. The van der Waals surface area contributed by atoms with Crippen LogP contribution < -0.4 is 10.1 Å². The van der Waals surface area contributed by atoms with E-state index in [4.69, 9.17) is 4.74 Å². The van der Waals surface area contributed by atoms with Crippen LogP contribution in [0.2, 0.25) is 0 Å². The number of ether oxygens (including phenoxy) is 1. The average Bonchev–Trinajstić information content (AvgIpc) is 3.11. The van der Waals surface area contributed by atoms with Crippen LogP contribution in [0.15, 0.2) is 42.6 Å². The van der Waals surface area contributed by atoms with Gasteiger partial charge in [-0.2, -0.15) is 0 Å². The van der Waals surface area contributed by atoms with Gasteiger partial charge < -0.3 is 10.1 Å². The molecule has 0 aliphatic carbocycles. The second-order valence-corrected chi connectivity index (χ2v) is 7.71. The van der Waals surface area contributed by atoms with Gasteiger partial charge in [-0.15, -0.1) is 0 Å². The minimum Gasteiger partial charge on any atom is -0.487 e. The Labute approximate surface area is 171 Å². The molecular weight excluding hydrogens is 362 g/mol. The van der Waals surface area contributed by atoms with Gasteiger partial charge in [-0.1, -0.05) is 29.8 Å². The van der Waals surface area contributed by atoms with Gasteiger partial charge in [0.05, 0.1) is 23.6 Å². The fourth-order valence-corrected chi connectivity index (χ4v) is 3.80. The number of benzene rings is 2. The van der Waals surface area contributed by atoms with Crippen molar-refractivity contribution in [1.29, 1.82) is 0 Å². The molecule has 1 aliphatic rings. The Balaban J connectivity index is 1.50. The Bertz CT molecular complexity index is 1090. The maximum Gasteiger partial charge on any atom is 0.251 e. The zero-order valence-electron chi connectivity index (χ0n) is 17.2. The number of hydrogen-bond acceptors (Lipinski definition) is 4. The van der Waals surface area contributed by atoms with Crippen LogP contribution in [-0.2, 0) is 6.42 Å². The molecule has 5 heteroatoms. The summed E-state index contributed by atoms with van der Waals surface area (Å²) in [6, 6.07) is 12.0. The van der Waals surface area contributed by atoms with Gasteiger partial charge >= 0.3 is 0 Å². The quantitative estimate of drug-likeness (QED) is 0.732. The molecule has 0 radical (unpaired) electrons. The predicted molar refractivity (Wildman–Crippen MR) is 113 cm³/mol. The fraction of sp³-hybridized carbons (Fsp3) is 0.292. The number of hydrogen-bond donors (Lipinski definition) is 1. The summed E-state index contributed by atoms with van der Waals surface area (Å²) in [5.41, 5.74) is 7.52. The highest BCUT2D eigenvalue weighted by Crippen LogP contribution is 2.38. The lowest BCUT2D eigenvalue weighted by molar-refractivity contribution is 0.0933. The highest BCUT2D eigenvalue weighted by molar-refractivity contribution is 5.95. The Hall–Kier alpha value is -3.21. The molecule has 4 rings (SSSR count). The second-order valence-electron chi connectivity index (χ2n) is 7.71. The number of aromatic nitrogens is 2. The second kappa shape index (κ2) is 7.66. The number of para-hydroxylation sites is 1. The van der Waals surface area contributed by atoms with Crippen molar-refractivity contribution in [1.82, 2.24) is 15.3 Å². The molecule has 1 amide bonds. The first-order chi connectivity index (χ1) is 13.9. The third kappa shape index (κ3) is 3.86. The summed E-state index contributed by atoms with van der Waals surface area (Å²) in [4.78, 5) is 21.7. The third-order valence-electron chi connectivity index (χ3n) is 5.28. The zero-order valence-corrected chi connectivity index (χ0v) is 17.2. The normalized spacial score (nSPS) is 15.0. The van der Waals surface area contributed by atoms with E-state index >= 15 is 0 Å². The highest BCUT2D eigenvalue weighted by Gasteiger charge is 2.27. The molecule has 0 spiro atoms. The maximum absolute atomic E-state index is 12.6. The van der Waals surface area contributed by atoms with E-state index in [2.05, 4.69) is 21.4 Å². The van der Waals surface area contributed by atoms with Crippen LogP contribution in [-0.4, -0.2) is 28.5 Å². The van der Waals surface area contributed by atoms with Crippen molar-refractivity contribution in [3.05, 3.63) is 76.2 Å². The molecule has 0 saturated heterocycles. The van der Waals surface area contributed by atoms with Gasteiger partial charge in [0.2, 0.25) is 0 Å². The van der Waals surface area contributed by atoms with Crippen LogP contribution in [0.5, 0.6) is 5.75 Å². The lowest BCUT2D eigenvalue weighted by atomic mass is 10.0. The maximum atomic E-state index is 12.6. The number of amides is 1. The van der Waals surface area contributed by atoms with Crippen molar-refractivity contribution >= 4 is 5.91 Å². The van der Waals surface area contributed by atoms with Crippen LogP contribution in [0.25, 0.3) is 11.3 Å². The summed E-state index contributed by atoms with van der Waals surface area (Å²) in [7, 11) is 0. The molecule has 1 atom stereocenters. The van der Waals surface area contributed by atoms with E-state index in [1.807, 2.05) is 58.0 Å². The van der Waals surface area contributed by atoms with Gasteiger partial charge in [0.1, 0.15) is 11.9 Å². The molecule has 1 N–H and O–H groups in total. The lowest BCUT2D eigenvalue weighted by Gasteiger charge is -2.15. The highest BCUT2D eigenvalue weighted by atomic mass is 16.5. The summed E-state index contributed by atoms with van der Waals surface area (Å²) < 4.78 is 6.24. The molecule has 0 bridgehead atoms. The molecule has 0 fully saturated rings. The third-order valence-corrected chi connectivity index (χ3v) is 5.28. The van der Waals surface area contributed by atoms with Crippen molar-refractivity contribution < 1.29 is 9.53 Å². The molecular formula is C24H25N3O2. The molecule has 29 heavy (non-hydrogen) atoms. The van der Waals surface area contributed by atoms with Crippen LogP contribution in [0, 0.1) is 27.7 Å². The molecule has 3 aromatic rings. The standard InChI is InChI=1S/C24H25N3O2/c1-14-8-9-20(15(2)10-14)24(28)26-13-19-11-18-6-5-7-21(23(18)29-19)22-17(4)25-12-16(3)27-22/h5-10,12,19H,11,13H2,1-4H3,(H,26,28)/t19-/m1/s1. The summed E-state index contributed by atoms with van der Waals surface area (Å²) in [6.07, 6.45) is 2.43. The van der Waals surface area contributed by atoms with E-state index in [1.165, 1.54) is 0 Å². The van der Waals surface area contributed by atoms with Crippen molar-refractivity contribution in [3.8, 4) is 17.0 Å². The molecule has 2 heterocycles. The molecule has 0 unspecified atom stereocenters. The van der Waals surface area contributed by atoms with Gasteiger partial charge in [0, 0.05) is 23.7 Å². The van der Waals surface area contributed by atoms with Gasteiger partial charge in [0.25, 0.3) is 5.91 Å². The Morgan fingerprint density at radius 1 is 1.17 bits per heavy atom. The van der Waals surface area contributed by atoms with E-state index < -0.39 is 0 Å². The van der Waals surface area contributed by atoms with Crippen LogP contribution in [0.4, 0.5) is 0 Å². The first-order valence-electron chi connectivity index (χ1n) is 9.87.